The largest absolute Gasteiger partial charge is 0.310 e. The highest BCUT2D eigenvalue weighted by Gasteiger charge is 2.17. The topological polar surface area (TPSA) is 3.24 Å². The van der Waals surface area contributed by atoms with Crippen LogP contribution in [0.3, 0.4) is 0 Å². The Morgan fingerprint density at radius 3 is 1.69 bits per heavy atom. The molecule has 0 N–H and O–H groups in total. The molecule has 0 amide bonds. The van der Waals surface area contributed by atoms with Gasteiger partial charge in [-0.25, -0.2) is 0 Å². The van der Waals surface area contributed by atoms with E-state index in [9.17, 15) is 0 Å². The lowest BCUT2D eigenvalue weighted by Crippen LogP contribution is -2.10. The zero-order chi connectivity index (χ0) is 24.1. The summed E-state index contributed by atoms with van der Waals surface area (Å²) in [6, 6.07) is 48.6. The molecule has 1 heteroatoms. The lowest BCUT2D eigenvalue weighted by molar-refractivity contribution is 1.29. The first-order valence-corrected chi connectivity index (χ1v) is 12.5. The minimum Gasteiger partial charge on any atom is -0.310 e. The predicted octanol–water partition coefficient (Wildman–Crippen LogP) is 10.1. The van der Waals surface area contributed by atoms with E-state index < -0.39 is 0 Å². The maximum absolute atomic E-state index is 2.40. The van der Waals surface area contributed by atoms with Gasteiger partial charge in [0, 0.05) is 16.8 Å². The Kier molecular flexibility index (Phi) is 4.75. The van der Waals surface area contributed by atoms with Crippen molar-refractivity contribution in [2.75, 3.05) is 4.90 Å². The van der Waals surface area contributed by atoms with Crippen molar-refractivity contribution in [2.24, 2.45) is 0 Å². The van der Waals surface area contributed by atoms with E-state index in [2.05, 4.69) is 145 Å². The minimum atomic E-state index is 1.15. The van der Waals surface area contributed by atoms with Gasteiger partial charge >= 0.3 is 0 Å². The van der Waals surface area contributed by atoms with Crippen LogP contribution in [-0.2, 0) is 0 Å². The van der Waals surface area contributed by atoms with Crippen LogP contribution < -0.4 is 4.90 Å². The van der Waals surface area contributed by atoms with Gasteiger partial charge in [-0.05, 0) is 75.0 Å². The molecule has 0 aliphatic carbocycles. The molecule has 0 spiro atoms. The van der Waals surface area contributed by atoms with Crippen LogP contribution in [0.15, 0.2) is 133 Å². The fourth-order valence-electron chi connectivity index (χ4n) is 5.47. The van der Waals surface area contributed by atoms with E-state index in [1.54, 1.807) is 0 Å². The molecule has 0 radical (unpaired) electrons. The molecule has 0 heterocycles. The Morgan fingerprint density at radius 2 is 0.944 bits per heavy atom. The second-order valence-electron chi connectivity index (χ2n) is 9.52. The number of hydrogen-bond acceptors (Lipinski definition) is 1. The van der Waals surface area contributed by atoms with E-state index in [0.717, 1.165) is 11.4 Å². The van der Waals surface area contributed by atoms with Gasteiger partial charge in [-0.3, -0.25) is 0 Å². The summed E-state index contributed by atoms with van der Waals surface area (Å²) < 4.78 is 0. The first-order valence-electron chi connectivity index (χ1n) is 12.5. The van der Waals surface area contributed by atoms with Gasteiger partial charge in [0.2, 0.25) is 0 Å². The van der Waals surface area contributed by atoms with Crippen LogP contribution in [-0.4, -0.2) is 0 Å². The van der Waals surface area contributed by atoms with Crippen molar-refractivity contribution in [1.29, 1.82) is 0 Å². The molecule has 0 aliphatic rings. The van der Waals surface area contributed by atoms with Crippen LogP contribution in [0, 0.1) is 6.92 Å². The fourth-order valence-corrected chi connectivity index (χ4v) is 5.47. The zero-order valence-electron chi connectivity index (χ0n) is 20.1. The van der Waals surface area contributed by atoms with Crippen LogP contribution in [0.4, 0.5) is 17.1 Å². The van der Waals surface area contributed by atoms with Crippen LogP contribution >= 0.6 is 0 Å². The van der Waals surface area contributed by atoms with E-state index >= 15 is 0 Å². The summed E-state index contributed by atoms with van der Waals surface area (Å²) in [6.07, 6.45) is 0. The third-order valence-electron chi connectivity index (χ3n) is 7.29. The van der Waals surface area contributed by atoms with Crippen molar-refractivity contribution >= 4 is 60.2 Å². The summed E-state index contributed by atoms with van der Waals surface area (Å²) in [4.78, 5) is 2.40. The molecule has 0 saturated heterocycles. The van der Waals surface area contributed by atoms with Crippen molar-refractivity contribution in [1.82, 2.24) is 0 Å². The van der Waals surface area contributed by atoms with E-state index in [1.165, 1.54) is 54.3 Å². The molecule has 7 aromatic rings. The van der Waals surface area contributed by atoms with Crippen molar-refractivity contribution in [3.63, 3.8) is 0 Å². The maximum Gasteiger partial charge on any atom is 0.0540 e. The summed E-state index contributed by atoms with van der Waals surface area (Å²) in [5, 5.41) is 10.1. The molecule has 0 atom stereocenters. The van der Waals surface area contributed by atoms with Gasteiger partial charge in [0.25, 0.3) is 0 Å². The van der Waals surface area contributed by atoms with Crippen molar-refractivity contribution in [3.8, 4) is 0 Å². The Bertz CT molecular complexity index is 1900. The SMILES string of the molecule is Cc1ccc(N(c2ccc3ccc4ccccc4c3c2)c2cccc3c2ccc2ccccc23)cc1. The number of aryl methyl sites for hydroxylation is 1. The van der Waals surface area contributed by atoms with Crippen molar-refractivity contribution in [3.05, 3.63) is 139 Å². The normalized spacial score (nSPS) is 11.5. The Labute approximate surface area is 210 Å². The van der Waals surface area contributed by atoms with Crippen LogP contribution in [0.2, 0.25) is 0 Å². The third kappa shape index (κ3) is 3.32. The second-order valence-corrected chi connectivity index (χ2v) is 9.52. The van der Waals surface area contributed by atoms with Gasteiger partial charge in [0.1, 0.15) is 0 Å². The second kappa shape index (κ2) is 8.25. The smallest absolute Gasteiger partial charge is 0.0540 e. The highest BCUT2D eigenvalue weighted by atomic mass is 15.1. The Hall–Kier alpha value is -4.62. The molecule has 0 unspecified atom stereocenters. The molecule has 0 saturated carbocycles. The predicted molar refractivity (Wildman–Crippen MR) is 156 cm³/mol. The molecule has 0 aliphatic heterocycles. The number of rotatable bonds is 3. The van der Waals surface area contributed by atoms with Gasteiger partial charge in [-0.2, -0.15) is 0 Å². The Balaban J connectivity index is 1.53. The highest BCUT2D eigenvalue weighted by molar-refractivity contribution is 6.13. The summed E-state index contributed by atoms with van der Waals surface area (Å²) >= 11 is 0. The summed E-state index contributed by atoms with van der Waals surface area (Å²) in [7, 11) is 0. The van der Waals surface area contributed by atoms with Gasteiger partial charge < -0.3 is 4.90 Å². The standard InChI is InChI=1S/C35H25N/c1-24-13-19-28(20-14-24)36(29-21-17-27-16-15-25-7-3-5-10-31(25)34(27)23-29)35-12-6-11-32-30-9-4-2-8-26(30)18-22-33(32)35/h2-23H,1H3. The van der Waals surface area contributed by atoms with Gasteiger partial charge in [-0.1, -0.05) is 109 Å². The van der Waals surface area contributed by atoms with Crippen molar-refractivity contribution in [2.45, 2.75) is 6.92 Å². The van der Waals surface area contributed by atoms with Crippen LogP contribution in [0.5, 0.6) is 0 Å². The average Bonchev–Trinajstić information content (AvgIpc) is 2.94. The lowest BCUT2D eigenvalue weighted by atomic mass is 9.98. The monoisotopic (exact) mass is 459 g/mol. The summed E-state index contributed by atoms with van der Waals surface area (Å²) in [5.74, 6) is 0. The quantitative estimate of drug-likeness (QED) is 0.238. The molecule has 36 heavy (non-hydrogen) atoms. The van der Waals surface area contributed by atoms with E-state index in [1.807, 2.05) is 0 Å². The fraction of sp³-hybridized carbons (Fsp3) is 0.0286. The summed E-state index contributed by atoms with van der Waals surface area (Å²) in [5.41, 5.74) is 4.75. The lowest BCUT2D eigenvalue weighted by Gasteiger charge is -2.27. The van der Waals surface area contributed by atoms with E-state index in [4.69, 9.17) is 0 Å². The molecule has 7 aromatic carbocycles. The van der Waals surface area contributed by atoms with Gasteiger partial charge in [0.05, 0.1) is 5.69 Å². The molecule has 0 fully saturated rings. The van der Waals surface area contributed by atoms with Gasteiger partial charge in [0.15, 0.2) is 0 Å². The molecule has 0 aromatic heterocycles. The molecule has 170 valence electrons. The summed E-state index contributed by atoms with van der Waals surface area (Å²) in [6.45, 7) is 2.14. The van der Waals surface area contributed by atoms with Crippen LogP contribution in [0.25, 0.3) is 43.1 Å². The first-order chi connectivity index (χ1) is 17.8. The molecule has 0 bridgehead atoms. The molecule has 1 nitrogen and oxygen atoms in total. The van der Waals surface area contributed by atoms with E-state index in [0.29, 0.717) is 0 Å². The number of anilines is 3. The zero-order valence-corrected chi connectivity index (χ0v) is 20.1. The number of fused-ring (bicyclic) bond motifs is 6. The molecular formula is C35H25N. The number of hydrogen-bond donors (Lipinski definition) is 0. The first kappa shape index (κ1) is 20.7. The van der Waals surface area contributed by atoms with Crippen molar-refractivity contribution < 1.29 is 0 Å². The Morgan fingerprint density at radius 1 is 0.389 bits per heavy atom. The molecule has 7 rings (SSSR count). The van der Waals surface area contributed by atoms with E-state index in [-0.39, 0.29) is 0 Å². The number of nitrogens with zero attached hydrogens (tertiary/aromatic N) is 1. The highest BCUT2D eigenvalue weighted by Crippen LogP contribution is 2.42. The number of benzene rings is 7. The molecular weight excluding hydrogens is 434 g/mol. The minimum absolute atomic E-state index is 1.15. The average molecular weight is 460 g/mol. The third-order valence-corrected chi connectivity index (χ3v) is 7.29. The maximum atomic E-state index is 2.40. The van der Waals surface area contributed by atoms with Gasteiger partial charge in [-0.15, -0.1) is 0 Å². The van der Waals surface area contributed by atoms with Crippen LogP contribution in [0.1, 0.15) is 5.56 Å².